The molecule has 0 aromatic carbocycles. The van der Waals surface area contributed by atoms with Crippen molar-refractivity contribution in [3.63, 3.8) is 0 Å². The maximum atomic E-state index is 11.9. The van der Waals surface area contributed by atoms with Crippen molar-refractivity contribution in [1.82, 2.24) is 10.3 Å². The summed E-state index contributed by atoms with van der Waals surface area (Å²) >= 11 is 0. The number of guanidine groups is 1. The molecule has 0 fully saturated rings. The van der Waals surface area contributed by atoms with Gasteiger partial charge in [-0.1, -0.05) is 0 Å². The normalized spacial score (nSPS) is 15.6. The van der Waals surface area contributed by atoms with Gasteiger partial charge in [0.15, 0.2) is 11.7 Å². The topological polar surface area (TPSA) is 97.4 Å². The van der Waals surface area contributed by atoms with E-state index >= 15 is 0 Å². The van der Waals surface area contributed by atoms with Crippen LogP contribution in [-0.2, 0) is 6.42 Å². The van der Waals surface area contributed by atoms with Crippen LogP contribution in [0, 0.1) is 0 Å². The van der Waals surface area contributed by atoms with Gasteiger partial charge in [0.2, 0.25) is 0 Å². The van der Waals surface area contributed by atoms with E-state index in [-0.39, 0.29) is 17.6 Å². The Labute approximate surface area is 111 Å². The van der Waals surface area contributed by atoms with E-state index in [1.807, 2.05) is 0 Å². The lowest BCUT2D eigenvalue weighted by Gasteiger charge is -2.07. The summed E-state index contributed by atoms with van der Waals surface area (Å²) in [5, 5.41) is 2.44. The van der Waals surface area contributed by atoms with Crippen LogP contribution < -0.4 is 11.1 Å². The standard InChI is InChI=1S/C13H16N4O2/c1-15-13(14)17-12(19)9-6-8-4-2-3-5-10(18)11(8)16-7-9/h6-7H,2-5H2,1H3,(H3,14,15,17,19). The predicted molar refractivity (Wildman–Crippen MR) is 71.1 cm³/mol. The summed E-state index contributed by atoms with van der Waals surface area (Å²) in [6.45, 7) is 0. The SMILES string of the molecule is CN=C(N)NC(=O)c1cnc2c(c1)CCCCC2=O. The van der Waals surface area contributed by atoms with Gasteiger partial charge < -0.3 is 5.73 Å². The van der Waals surface area contributed by atoms with Crippen molar-refractivity contribution in [1.29, 1.82) is 0 Å². The molecule has 0 atom stereocenters. The molecule has 1 aromatic heterocycles. The number of hydrogen-bond donors (Lipinski definition) is 2. The second-order valence-corrected chi connectivity index (χ2v) is 4.42. The van der Waals surface area contributed by atoms with E-state index in [9.17, 15) is 9.59 Å². The quantitative estimate of drug-likeness (QED) is 0.440. The number of aliphatic imine (C=N–C) groups is 1. The fraction of sp³-hybridized carbons (Fsp3) is 0.385. The van der Waals surface area contributed by atoms with Crippen LogP contribution in [0.2, 0.25) is 0 Å². The van der Waals surface area contributed by atoms with Crippen LogP contribution in [0.5, 0.6) is 0 Å². The molecule has 1 heterocycles. The van der Waals surface area contributed by atoms with E-state index in [2.05, 4.69) is 15.3 Å². The van der Waals surface area contributed by atoms with Crippen LogP contribution in [0.3, 0.4) is 0 Å². The molecule has 1 aliphatic carbocycles. The Kier molecular flexibility index (Phi) is 3.89. The van der Waals surface area contributed by atoms with Gasteiger partial charge in [-0.15, -0.1) is 0 Å². The number of pyridine rings is 1. The highest BCUT2D eigenvalue weighted by Crippen LogP contribution is 2.19. The number of ketones is 1. The van der Waals surface area contributed by atoms with Crippen LogP contribution in [-0.4, -0.2) is 29.7 Å². The van der Waals surface area contributed by atoms with Crippen LogP contribution in [0.15, 0.2) is 17.3 Å². The molecule has 6 heteroatoms. The van der Waals surface area contributed by atoms with Crippen molar-refractivity contribution in [2.45, 2.75) is 25.7 Å². The van der Waals surface area contributed by atoms with Crippen molar-refractivity contribution in [2.24, 2.45) is 10.7 Å². The smallest absolute Gasteiger partial charge is 0.259 e. The zero-order chi connectivity index (χ0) is 13.8. The van der Waals surface area contributed by atoms with Gasteiger partial charge in [0.1, 0.15) is 5.69 Å². The Morgan fingerprint density at radius 1 is 1.42 bits per heavy atom. The molecule has 3 N–H and O–H groups in total. The number of nitrogens with zero attached hydrogens (tertiary/aromatic N) is 2. The lowest BCUT2D eigenvalue weighted by atomic mass is 10.1. The van der Waals surface area contributed by atoms with Gasteiger partial charge in [0.25, 0.3) is 5.91 Å². The summed E-state index contributed by atoms with van der Waals surface area (Å²) in [5.74, 6) is -0.264. The molecule has 0 saturated heterocycles. The van der Waals surface area contributed by atoms with Crippen molar-refractivity contribution < 1.29 is 9.59 Å². The maximum Gasteiger partial charge on any atom is 0.259 e. The number of fused-ring (bicyclic) bond motifs is 1. The Morgan fingerprint density at radius 3 is 2.89 bits per heavy atom. The number of nitrogens with two attached hydrogens (primary N) is 1. The average Bonchev–Trinajstić information content (AvgIpc) is 2.60. The summed E-state index contributed by atoms with van der Waals surface area (Å²) in [7, 11) is 1.49. The van der Waals surface area contributed by atoms with Crippen molar-refractivity contribution in [2.75, 3.05) is 7.05 Å². The molecule has 100 valence electrons. The summed E-state index contributed by atoms with van der Waals surface area (Å²) in [6.07, 6.45) is 4.50. The lowest BCUT2D eigenvalue weighted by molar-refractivity contribution is 0.0963. The van der Waals surface area contributed by atoms with Gasteiger partial charge >= 0.3 is 0 Å². The number of amides is 1. The summed E-state index contributed by atoms with van der Waals surface area (Å²) in [4.78, 5) is 31.5. The Bertz CT molecular complexity index is 552. The monoisotopic (exact) mass is 260 g/mol. The molecule has 0 spiro atoms. The third-order valence-electron chi connectivity index (χ3n) is 3.08. The highest BCUT2D eigenvalue weighted by molar-refractivity contribution is 6.05. The molecule has 0 unspecified atom stereocenters. The molecule has 0 aliphatic heterocycles. The molecule has 1 aromatic rings. The van der Waals surface area contributed by atoms with E-state index in [4.69, 9.17) is 5.73 Å². The van der Waals surface area contributed by atoms with Crippen molar-refractivity contribution in [3.05, 3.63) is 29.1 Å². The third-order valence-corrected chi connectivity index (χ3v) is 3.08. The van der Waals surface area contributed by atoms with E-state index in [0.29, 0.717) is 17.7 Å². The first-order chi connectivity index (χ1) is 9.11. The lowest BCUT2D eigenvalue weighted by Crippen LogP contribution is -2.36. The number of carbonyl (C=O) groups is 2. The van der Waals surface area contributed by atoms with Crippen molar-refractivity contribution >= 4 is 17.6 Å². The first-order valence-electron chi connectivity index (χ1n) is 6.17. The van der Waals surface area contributed by atoms with Gasteiger partial charge in [-0.2, -0.15) is 0 Å². The van der Waals surface area contributed by atoms with Crippen LogP contribution >= 0.6 is 0 Å². The fourth-order valence-electron chi connectivity index (χ4n) is 2.04. The number of nitrogens with one attached hydrogen (secondary N) is 1. The minimum Gasteiger partial charge on any atom is -0.370 e. The van der Waals surface area contributed by atoms with E-state index in [1.165, 1.54) is 13.2 Å². The number of carbonyl (C=O) groups excluding carboxylic acids is 2. The van der Waals surface area contributed by atoms with Crippen molar-refractivity contribution in [3.8, 4) is 0 Å². The predicted octanol–water partition coefficient (Wildman–Crippen LogP) is 0.665. The minimum absolute atomic E-state index is 0.0501. The third kappa shape index (κ3) is 2.96. The molecule has 0 radical (unpaired) electrons. The number of aromatic nitrogens is 1. The molecule has 2 rings (SSSR count). The zero-order valence-corrected chi connectivity index (χ0v) is 10.8. The highest BCUT2D eigenvalue weighted by atomic mass is 16.2. The number of hydrogen-bond acceptors (Lipinski definition) is 4. The zero-order valence-electron chi connectivity index (χ0n) is 10.8. The second kappa shape index (κ2) is 5.60. The van der Waals surface area contributed by atoms with E-state index in [0.717, 1.165) is 24.8 Å². The van der Waals surface area contributed by atoms with Gasteiger partial charge in [0, 0.05) is 19.7 Å². The number of rotatable bonds is 1. The Hall–Kier alpha value is -2.24. The van der Waals surface area contributed by atoms with Crippen LogP contribution in [0.1, 0.15) is 45.7 Å². The highest BCUT2D eigenvalue weighted by Gasteiger charge is 2.19. The van der Waals surface area contributed by atoms with Gasteiger partial charge in [-0.05, 0) is 30.9 Å². The average molecular weight is 260 g/mol. The first-order valence-corrected chi connectivity index (χ1v) is 6.17. The van der Waals surface area contributed by atoms with Gasteiger partial charge in [-0.3, -0.25) is 24.9 Å². The van der Waals surface area contributed by atoms with E-state index < -0.39 is 0 Å². The first kappa shape index (κ1) is 13.2. The second-order valence-electron chi connectivity index (χ2n) is 4.42. The number of aryl methyl sites for hydroxylation is 1. The Balaban J connectivity index is 2.28. The van der Waals surface area contributed by atoms with Gasteiger partial charge in [-0.25, -0.2) is 0 Å². The molecular weight excluding hydrogens is 244 g/mol. The van der Waals surface area contributed by atoms with Gasteiger partial charge in [0.05, 0.1) is 5.56 Å². The van der Waals surface area contributed by atoms with E-state index in [1.54, 1.807) is 6.07 Å². The maximum absolute atomic E-state index is 11.9. The van der Waals surface area contributed by atoms with Crippen LogP contribution in [0.4, 0.5) is 0 Å². The Morgan fingerprint density at radius 2 is 2.16 bits per heavy atom. The molecule has 1 amide bonds. The summed E-state index contributed by atoms with van der Waals surface area (Å²) < 4.78 is 0. The largest absolute Gasteiger partial charge is 0.370 e. The molecule has 0 saturated carbocycles. The molecule has 0 bridgehead atoms. The summed E-state index contributed by atoms with van der Waals surface area (Å²) in [6, 6.07) is 1.71. The molecular formula is C13H16N4O2. The molecule has 19 heavy (non-hydrogen) atoms. The minimum atomic E-state index is -0.366. The molecule has 6 nitrogen and oxygen atoms in total. The fourth-order valence-corrected chi connectivity index (χ4v) is 2.04. The van der Waals surface area contributed by atoms with Crippen LogP contribution in [0.25, 0.3) is 0 Å². The summed E-state index contributed by atoms with van der Waals surface area (Å²) in [5.41, 5.74) is 7.16. The molecule has 1 aliphatic rings. The number of Topliss-reactive ketones (excluding diaryl/α,β-unsaturated/α-hetero) is 1.